The number of sulfonamides is 1. The minimum Gasteiger partial charge on any atom is -0.480 e. The minimum absolute atomic E-state index is 0.0719. The van der Waals surface area contributed by atoms with Crippen LogP contribution in [0.15, 0.2) is 53.4 Å². The SMILES string of the molecule is Cc1ccc(S(=O)(=O)N(CC(=O)O)c2ccccc2C)cc1. The van der Waals surface area contributed by atoms with E-state index in [2.05, 4.69) is 0 Å². The van der Waals surface area contributed by atoms with Crippen molar-refractivity contribution in [1.82, 2.24) is 0 Å². The topological polar surface area (TPSA) is 74.7 Å². The van der Waals surface area contributed by atoms with Crippen molar-refractivity contribution in [3.63, 3.8) is 0 Å². The van der Waals surface area contributed by atoms with Crippen LogP contribution in [0, 0.1) is 13.8 Å². The van der Waals surface area contributed by atoms with Crippen LogP contribution in [0.2, 0.25) is 0 Å². The van der Waals surface area contributed by atoms with Gasteiger partial charge in [0.25, 0.3) is 10.0 Å². The van der Waals surface area contributed by atoms with Crippen molar-refractivity contribution >= 4 is 21.7 Å². The molecule has 0 spiro atoms. The molecule has 6 heteroatoms. The van der Waals surface area contributed by atoms with Gasteiger partial charge in [-0.25, -0.2) is 8.42 Å². The molecule has 0 atom stereocenters. The standard InChI is InChI=1S/C16H17NO4S/c1-12-7-9-14(10-8-12)22(20,21)17(11-16(18)19)15-6-4-3-5-13(15)2/h3-10H,11H2,1-2H3,(H,18,19). The Balaban J connectivity index is 2.56. The van der Waals surface area contributed by atoms with Crippen LogP contribution < -0.4 is 4.31 Å². The van der Waals surface area contributed by atoms with Crippen LogP contribution in [0.1, 0.15) is 11.1 Å². The molecule has 1 N–H and O–H groups in total. The molecule has 0 aliphatic heterocycles. The molecule has 0 saturated heterocycles. The lowest BCUT2D eigenvalue weighted by Crippen LogP contribution is -2.36. The van der Waals surface area contributed by atoms with E-state index in [-0.39, 0.29) is 4.90 Å². The lowest BCUT2D eigenvalue weighted by Gasteiger charge is -2.24. The Hall–Kier alpha value is -2.34. The molecule has 0 fully saturated rings. The molecule has 2 aromatic carbocycles. The first-order valence-electron chi connectivity index (χ1n) is 6.69. The Morgan fingerprint density at radius 3 is 2.18 bits per heavy atom. The molecule has 116 valence electrons. The van der Waals surface area contributed by atoms with Gasteiger partial charge in [-0.2, -0.15) is 0 Å². The number of hydrogen-bond donors (Lipinski definition) is 1. The Morgan fingerprint density at radius 2 is 1.64 bits per heavy atom. The van der Waals surface area contributed by atoms with Crippen molar-refractivity contribution < 1.29 is 18.3 Å². The summed E-state index contributed by atoms with van der Waals surface area (Å²) in [5.74, 6) is -1.21. The van der Waals surface area contributed by atoms with E-state index in [1.165, 1.54) is 12.1 Å². The number of carboxylic acid groups (broad SMARTS) is 1. The largest absolute Gasteiger partial charge is 0.480 e. The van der Waals surface area contributed by atoms with Gasteiger partial charge >= 0.3 is 5.97 Å². The molecule has 5 nitrogen and oxygen atoms in total. The summed E-state index contributed by atoms with van der Waals surface area (Å²) in [6, 6.07) is 13.1. The van der Waals surface area contributed by atoms with Gasteiger partial charge in [-0.15, -0.1) is 0 Å². The van der Waals surface area contributed by atoms with E-state index in [1.54, 1.807) is 43.3 Å². The van der Waals surface area contributed by atoms with Crippen molar-refractivity contribution in [3.8, 4) is 0 Å². The highest BCUT2D eigenvalue weighted by Gasteiger charge is 2.27. The Bertz CT molecular complexity index is 782. The number of carboxylic acids is 1. The number of aliphatic carboxylic acids is 1. The molecule has 22 heavy (non-hydrogen) atoms. The third-order valence-corrected chi connectivity index (χ3v) is 5.05. The van der Waals surface area contributed by atoms with Gasteiger partial charge in [0.2, 0.25) is 0 Å². The number of para-hydroxylation sites is 1. The zero-order valence-corrected chi connectivity index (χ0v) is 13.2. The third-order valence-electron chi connectivity index (χ3n) is 3.27. The maximum atomic E-state index is 12.8. The second-order valence-corrected chi connectivity index (χ2v) is 6.87. The second-order valence-electron chi connectivity index (χ2n) is 5.00. The van der Waals surface area contributed by atoms with Crippen molar-refractivity contribution in [2.45, 2.75) is 18.7 Å². The van der Waals surface area contributed by atoms with Gasteiger partial charge in [0.1, 0.15) is 6.54 Å². The molecule has 0 radical (unpaired) electrons. The fraction of sp³-hybridized carbons (Fsp3) is 0.188. The van der Waals surface area contributed by atoms with Crippen molar-refractivity contribution in [2.24, 2.45) is 0 Å². The Kier molecular flexibility index (Phi) is 4.51. The van der Waals surface area contributed by atoms with Gasteiger partial charge in [-0.05, 0) is 37.6 Å². The van der Waals surface area contributed by atoms with E-state index in [0.717, 1.165) is 9.87 Å². The maximum Gasteiger partial charge on any atom is 0.324 e. The lowest BCUT2D eigenvalue weighted by molar-refractivity contribution is -0.135. The number of anilines is 1. The monoisotopic (exact) mass is 319 g/mol. The summed E-state index contributed by atoms with van der Waals surface area (Å²) in [5, 5.41) is 9.08. The van der Waals surface area contributed by atoms with E-state index in [0.29, 0.717) is 11.3 Å². The molecule has 0 aliphatic carbocycles. The highest BCUT2D eigenvalue weighted by atomic mass is 32.2. The van der Waals surface area contributed by atoms with Crippen LogP contribution in [0.25, 0.3) is 0 Å². The number of carbonyl (C=O) groups is 1. The molecule has 0 saturated carbocycles. The van der Waals surface area contributed by atoms with Crippen molar-refractivity contribution in [1.29, 1.82) is 0 Å². The first-order chi connectivity index (χ1) is 10.3. The van der Waals surface area contributed by atoms with Gasteiger partial charge in [0.15, 0.2) is 0 Å². The molecule has 0 unspecified atom stereocenters. The summed E-state index contributed by atoms with van der Waals surface area (Å²) >= 11 is 0. The van der Waals surface area contributed by atoms with Gasteiger partial charge in [0, 0.05) is 0 Å². The summed E-state index contributed by atoms with van der Waals surface area (Å²) in [7, 11) is -3.94. The van der Waals surface area contributed by atoms with Gasteiger partial charge in [-0.1, -0.05) is 35.9 Å². The minimum atomic E-state index is -3.94. The smallest absolute Gasteiger partial charge is 0.324 e. The average Bonchev–Trinajstić information content (AvgIpc) is 2.46. The van der Waals surface area contributed by atoms with Gasteiger partial charge in [0.05, 0.1) is 10.6 Å². The molecule has 0 amide bonds. The molecular formula is C16H17NO4S. The summed E-state index contributed by atoms with van der Waals surface area (Å²) in [6.45, 7) is 2.97. The molecule has 0 aromatic heterocycles. The predicted molar refractivity (Wildman–Crippen MR) is 84.5 cm³/mol. The summed E-state index contributed by atoms with van der Waals surface area (Å²) < 4.78 is 26.5. The van der Waals surface area contributed by atoms with Gasteiger partial charge in [-0.3, -0.25) is 9.10 Å². The normalized spacial score (nSPS) is 11.2. The Labute approximate surface area is 129 Å². The molecule has 2 aromatic rings. The van der Waals surface area contributed by atoms with Gasteiger partial charge < -0.3 is 5.11 Å². The number of nitrogens with zero attached hydrogens (tertiary/aromatic N) is 1. The number of rotatable bonds is 5. The van der Waals surface area contributed by atoms with E-state index >= 15 is 0 Å². The van der Waals surface area contributed by atoms with Crippen LogP contribution in [-0.4, -0.2) is 26.0 Å². The summed E-state index contributed by atoms with van der Waals surface area (Å²) in [5.41, 5.74) is 1.99. The zero-order valence-electron chi connectivity index (χ0n) is 12.4. The zero-order chi connectivity index (χ0) is 16.3. The molecule has 2 rings (SSSR count). The van der Waals surface area contributed by atoms with E-state index < -0.39 is 22.5 Å². The Morgan fingerprint density at radius 1 is 1.05 bits per heavy atom. The first-order valence-corrected chi connectivity index (χ1v) is 8.13. The molecular weight excluding hydrogens is 302 g/mol. The first kappa shape index (κ1) is 16.0. The maximum absolute atomic E-state index is 12.8. The van der Waals surface area contributed by atoms with Crippen molar-refractivity contribution in [2.75, 3.05) is 10.8 Å². The van der Waals surface area contributed by atoms with Crippen LogP contribution in [0.5, 0.6) is 0 Å². The molecule has 0 bridgehead atoms. The highest BCUT2D eigenvalue weighted by Crippen LogP contribution is 2.26. The number of aryl methyl sites for hydroxylation is 2. The van der Waals surface area contributed by atoms with E-state index in [9.17, 15) is 13.2 Å². The van der Waals surface area contributed by atoms with Crippen LogP contribution in [0.3, 0.4) is 0 Å². The summed E-state index contributed by atoms with van der Waals surface area (Å²) in [6.07, 6.45) is 0. The number of benzene rings is 2. The lowest BCUT2D eigenvalue weighted by atomic mass is 10.2. The second kappa shape index (κ2) is 6.19. The average molecular weight is 319 g/mol. The van der Waals surface area contributed by atoms with Crippen molar-refractivity contribution in [3.05, 3.63) is 59.7 Å². The number of hydrogen-bond acceptors (Lipinski definition) is 3. The third kappa shape index (κ3) is 3.28. The predicted octanol–water partition coefficient (Wildman–Crippen LogP) is 2.58. The van der Waals surface area contributed by atoms with Crippen LogP contribution in [-0.2, 0) is 14.8 Å². The van der Waals surface area contributed by atoms with E-state index in [1.807, 2.05) is 6.92 Å². The summed E-state index contributed by atoms with van der Waals surface area (Å²) in [4.78, 5) is 11.2. The highest BCUT2D eigenvalue weighted by molar-refractivity contribution is 7.92. The molecule has 0 heterocycles. The fourth-order valence-corrected chi connectivity index (χ4v) is 3.58. The quantitative estimate of drug-likeness (QED) is 0.919. The molecule has 0 aliphatic rings. The van der Waals surface area contributed by atoms with Crippen LogP contribution >= 0.6 is 0 Å². The fourth-order valence-electron chi connectivity index (χ4n) is 2.10. The van der Waals surface area contributed by atoms with Crippen LogP contribution in [0.4, 0.5) is 5.69 Å². The van der Waals surface area contributed by atoms with E-state index in [4.69, 9.17) is 5.11 Å².